The van der Waals surface area contributed by atoms with Crippen LogP contribution in [0.5, 0.6) is 0 Å². The molecule has 2 aromatic rings. The molecule has 120 valence electrons. The summed E-state index contributed by atoms with van der Waals surface area (Å²) in [5.41, 5.74) is 2.15. The number of benzene rings is 1. The van der Waals surface area contributed by atoms with Gasteiger partial charge in [-0.2, -0.15) is 0 Å². The summed E-state index contributed by atoms with van der Waals surface area (Å²) in [6, 6.07) is 10.3. The summed E-state index contributed by atoms with van der Waals surface area (Å²) in [5.74, 6) is 0.623. The van der Waals surface area contributed by atoms with E-state index in [0.29, 0.717) is 5.92 Å². The molecule has 1 aromatic heterocycles. The molecule has 0 spiro atoms. The summed E-state index contributed by atoms with van der Waals surface area (Å²) < 4.78 is 0. The van der Waals surface area contributed by atoms with Crippen molar-refractivity contribution in [1.29, 1.82) is 0 Å². The predicted octanol–water partition coefficient (Wildman–Crippen LogP) is 3.55. The van der Waals surface area contributed by atoms with E-state index in [1.807, 2.05) is 30.5 Å². The first-order valence-corrected chi connectivity index (χ1v) is 8.52. The van der Waals surface area contributed by atoms with Crippen LogP contribution in [0, 0.1) is 11.3 Å². The van der Waals surface area contributed by atoms with Gasteiger partial charge in [0.05, 0.1) is 11.6 Å². The smallest absolute Gasteiger partial charge is 0.0952 e. The number of hydrogen-bond acceptors (Lipinski definition) is 3. The van der Waals surface area contributed by atoms with Gasteiger partial charge in [0.25, 0.3) is 0 Å². The molecular weight excluding hydrogens is 284 g/mol. The van der Waals surface area contributed by atoms with Crippen molar-refractivity contribution in [2.24, 2.45) is 11.3 Å². The zero-order chi connectivity index (χ0) is 16.0. The van der Waals surface area contributed by atoms with Crippen molar-refractivity contribution in [2.45, 2.75) is 31.9 Å². The maximum Gasteiger partial charge on any atom is 0.0952 e. The van der Waals surface area contributed by atoms with E-state index in [1.165, 1.54) is 6.42 Å². The zero-order valence-electron chi connectivity index (χ0n) is 13.7. The second kappa shape index (κ2) is 5.43. The van der Waals surface area contributed by atoms with Gasteiger partial charge in [-0.1, -0.05) is 31.2 Å². The molecule has 3 saturated heterocycles. The van der Waals surface area contributed by atoms with Gasteiger partial charge in [-0.05, 0) is 43.0 Å². The summed E-state index contributed by atoms with van der Waals surface area (Å²) >= 11 is 0. The standard InChI is InChI=1S/C20H24N2O/c1-3-20(2)13-22-11-9-14(20)12-18(22)19(23)16-8-10-21-17-7-5-4-6-15(16)17/h3-8,10,14,18-19,23H,1,9,11-13H2,2H3/t14?,18-,19?,20?/m1/s1. The van der Waals surface area contributed by atoms with Gasteiger partial charge in [0, 0.05) is 29.6 Å². The zero-order valence-corrected chi connectivity index (χ0v) is 13.7. The van der Waals surface area contributed by atoms with E-state index in [2.05, 4.69) is 35.5 Å². The Bertz CT molecular complexity index is 738. The molecule has 3 aliphatic heterocycles. The molecule has 3 heteroatoms. The Hall–Kier alpha value is -1.71. The summed E-state index contributed by atoms with van der Waals surface area (Å²) in [6.45, 7) is 8.44. The molecule has 0 saturated carbocycles. The lowest BCUT2D eigenvalue weighted by atomic mass is 9.65. The Labute approximate surface area is 137 Å². The van der Waals surface area contributed by atoms with Gasteiger partial charge in [-0.25, -0.2) is 0 Å². The number of piperidine rings is 3. The van der Waals surface area contributed by atoms with Crippen LogP contribution < -0.4 is 0 Å². The van der Waals surface area contributed by atoms with Crippen molar-refractivity contribution in [1.82, 2.24) is 9.88 Å². The number of pyridine rings is 1. The van der Waals surface area contributed by atoms with Crippen molar-refractivity contribution >= 4 is 10.9 Å². The van der Waals surface area contributed by atoms with Crippen LogP contribution in [0.3, 0.4) is 0 Å². The second-order valence-corrected chi connectivity index (χ2v) is 7.33. The molecule has 5 atom stereocenters. The number of fused-ring (bicyclic) bond motifs is 4. The fourth-order valence-electron chi connectivity index (χ4n) is 4.55. The molecule has 0 aliphatic carbocycles. The summed E-state index contributed by atoms with van der Waals surface area (Å²) in [5, 5.41) is 12.2. The van der Waals surface area contributed by atoms with Crippen molar-refractivity contribution in [3.05, 3.63) is 54.7 Å². The highest BCUT2D eigenvalue weighted by Crippen LogP contribution is 2.48. The lowest BCUT2D eigenvalue weighted by Gasteiger charge is -2.55. The fourth-order valence-corrected chi connectivity index (χ4v) is 4.55. The van der Waals surface area contributed by atoms with Crippen LogP contribution in [0.2, 0.25) is 0 Å². The highest BCUT2D eigenvalue weighted by molar-refractivity contribution is 5.82. The maximum absolute atomic E-state index is 11.1. The molecule has 5 rings (SSSR count). The van der Waals surface area contributed by atoms with Crippen LogP contribution in [0.4, 0.5) is 0 Å². The van der Waals surface area contributed by atoms with E-state index in [0.717, 1.165) is 36.0 Å². The van der Waals surface area contributed by atoms with Crippen LogP contribution in [-0.2, 0) is 0 Å². The molecule has 3 nitrogen and oxygen atoms in total. The molecule has 3 aliphatic rings. The molecule has 1 aromatic carbocycles. The number of para-hydroxylation sites is 1. The first-order chi connectivity index (χ1) is 11.1. The maximum atomic E-state index is 11.1. The molecule has 2 bridgehead atoms. The SMILES string of the molecule is C=CC1(C)CN2CCC1C[C@@H]2C(O)c1ccnc2ccccc12. The minimum absolute atomic E-state index is 0.189. The predicted molar refractivity (Wildman–Crippen MR) is 93.1 cm³/mol. The highest BCUT2D eigenvalue weighted by atomic mass is 16.3. The third-order valence-electron chi connectivity index (χ3n) is 6.07. The second-order valence-electron chi connectivity index (χ2n) is 7.33. The monoisotopic (exact) mass is 308 g/mol. The molecular formula is C20H24N2O. The van der Waals surface area contributed by atoms with E-state index in [-0.39, 0.29) is 11.5 Å². The number of hydrogen-bond donors (Lipinski definition) is 1. The van der Waals surface area contributed by atoms with Crippen molar-refractivity contribution in [2.75, 3.05) is 13.1 Å². The van der Waals surface area contributed by atoms with Crippen molar-refractivity contribution in [3.63, 3.8) is 0 Å². The van der Waals surface area contributed by atoms with E-state index >= 15 is 0 Å². The molecule has 1 N–H and O–H groups in total. The molecule has 0 radical (unpaired) electrons. The van der Waals surface area contributed by atoms with Crippen LogP contribution in [0.1, 0.15) is 31.4 Å². The summed E-state index contributed by atoms with van der Waals surface area (Å²) in [4.78, 5) is 6.88. The van der Waals surface area contributed by atoms with Gasteiger partial charge >= 0.3 is 0 Å². The van der Waals surface area contributed by atoms with Gasteiger partial charge in [-0.15, -0.1) is 6.58 Å². The lowest BCUT2D eigenvalue weighted by molar-refractivity contribution is -0.0759. The van der Waals surface area contributed by atoms with Gasteiger partial charge in [0.15, 0.2) is 0 Å². The number of rotatable bonds is 3. The highest BCUT2D eigenvalue weighted by Gasteiger charge is 2.47. The lowest BCUT2D eigenvalue weighted by Crippen LogP contribution is -2.58. The van der Waals surface area contributed by atoms with Crippen LogP contribution in [0.15, 0.2) is 49.2 Å². The average Bonchev–Trinajstić information content (AvgIpc) is 2.61. The molecule has 4 heterocycles. The minimum Gasteiger partial charge on any atom is -0.387 e. The van der Waals surface area contributed by atoms with E-state index in [1.54, 1.807) is 0 Å². The molecule has 4 unspecified atom stereocenters. The number of aliphatic hydroxyl groups excluding tert-OH is 1. The fraction of sp³-hybridized carbons (Fsp3) is 0.450. The van der Waals surface area contributed by atoms with Crippen LogP contribution in [-0.4, -0.2) is 34.1 Å². The van der Waals surface area contributed by atoms with E-state index in [4.69, 9.17) is 0 Å². The first kappa shape index (κ1) is 14.9. The average molecular weight is 308 g/mol. The third-order valence-corrected chi connectivity index (χ3v) is 6.07. The van der Waals surface area contributed by atoms with E-state index < -0.39 is 6.10 Å². The first-order valence-electron chi connectivity index (χ1n) is 8.52. The number of aromatic nitrogens is 1. The van der Waals surface area contributed by atoms with Gasteiger partial charge in [-0.3, -0.25) is 9.88 Å². The normalized spacial score (nSPS) is 34.4. The topological polar surface area (TPSA) is 36.4 Å². The third kappa shape index (κ3) is 2.30. The van der Waals surface area contributed by atoms with Crippen molar-refractivity contribution in [3.8, 4) is 0 Å². The van der Waals surface area contributed by atoms with Gasteiger partial charge in [0.2, 0.25) is 0 Å². The largest absolute Gasteiger partial charge is 0.387 e. The van der Waals surface area contributed by atoms with Gasteiger partial charge < -0.3 is 5.11 Å². The quantitative estimate of drug-likeness (QED) is 0.881. The number of nitrogens with zero attached hydrogens (tertiary/aromatic N) is 2. The number of aliphatic hydroxyl groups is 1. The van der Waals surface area contributed by atoms with E-state index in [9.17, 15) is 5.11 Å². The van der Waals surface area contributed by atoms with Crippen molar-refractivity contribution < 1.29 is 5.11 Å². The van der Waals surface area contributed by atoms with Crippen LogP contribution >= 0.6 is 0 Å². The molecule has 0 amide bonds. The molecule has 23 heavy (non-hydrogen) atoms. The Morgan fingerprint density at radius 1 is 1.39 bits per heavy atom. The molecule has 3 fully saturated rings. The Morgan fingerprint density at radius 2 is 2.22 bits per heavy atom. The minimum atomic E-state index is -0.458. The summed E-state index contributed by atoms with van der Waals surface area (Å²) in [7, 11) is 0. The Morgan fingerprint density at radius 3 is 2.96 bits per heavy atom. The van der Waals surface area contributed by atoms with Crippen LogP contribution in [0.25, 0.3) is 10.9 Å². The Kier molecular flexibility index (Phi) is 3.51. The Balaban J connectivity index is 1.68. The summed E-state index contributed by atoms with van der Waals surface area (Å²) in [6.07, 6.45) is 5.72. The van der Waals surface area contributed by atoms with Gasteiger partial charge in [0.1, 0.15) is 0 Å².